The topological polar surface area (TPSA) is 25.8 Å². The Kier molecular flexibility index (Phi) is 2.41. The molecule has 2 aromatic rings. The SMILES string of the molecule is Fc1cnccc1-c1cc(Cl)ccn1. The third-order valence-corrected chi connectivity index (χ3v) is 2.01. The van der Waals surface area contributed by atoms with Gasteiger partial charge < -0.3 is 0 Å². The number of pyridine rings is 2. The minimum absolute atomic E-state index is 0.401. The molecule has 0 aromatic carbocycles. The molecule has 0 aliphatic carbocycles. The first-order chi connectivity index (χ1) is 6.77. The Balaban J connectivity index is 2.55. The van der Waals surface area contributed by atoms with Crippen molar-refractivity contribution in [1.29, 1.82) is 0 Å². The lowest BCUT2D eigenvalue weighted by atomic mass is 10.2. The van der Waals surface area contributed by atoms with E-state index in [0.717, 1.165) is 6.20 Å². The molecule has 0 unspecified atom stereocenters. The van der Waals surface area contributed by atoms with Gasteiger partial charge in [0, 0.05) is 23.0 Å². The van der Waals surface area contributed by atoms with Crippen molar-refractivity contribution >= 4 is 11.6 Å². The Morgan fingerprint density at radius 2 is 2.07 bits per heavy atom. The lowest BCUT2D eigenvalue weighted by Crippen LogP contribution is -1.88. The smallest absolute Gasteiger partial charge is 0.150 e. The summed E-state index contributed by atoms with van der Waals surface area (Å²) in [7, 11) is 0. The third kappa shape index (κ3) is 1.72. The lowest BCUT2D eigenvalue weighted by molar-refractivity contribution is 0.624. The van der Waals surface area contributed by atoms with Gasteiger partial charge in [-0.1, -0.05) is 11.6 Å². The summed E-state index contributed by atoms with van der Waals surface area (Å²) >= 11 is 5.77. The van der Waals surface area contributed by atoms with Gasteiger partial charge in [0.1, 0.15) is 0 Å². The molecule has 0 aliphatic heterocycles. The average Bonchev–Trinajstić information content (AvgIpc) is 2.18. The number of rotatable bonds is 1. The molecule has 2 nitrogen and oxygen atoms in total. The Morgan fingerprint density at radius 3 is 2.79 bits per heavy atom. The number of halogens is 2. The van der Waals surface area contributed by atoms with E-state index in [2.05, 4.69) is 9.97 Å². The van der Waals surface area contributed by atoms with Crippen LogP contribution in [0.2, 0.25) is 5.02 Å². The Bertz CT molecular complexity index is 459. The molecule has 0 radical (unpaired) electrons. The molecule has 0 aliphatic rings. The maximum atomic E-state index is 13.3. The van der Waals surface area contributed by atoms with Crippen LogP contribution in [-0.4, -0.2) is 9.97 Å². The summed E-state index contributed by atoms with van der Waals surface area (Å²) in [6, 6.07) is 4.82. The van der Waals surface area contributed by atoms with Gasteiger partial charge in [-0.2, -0.15) is 0 Å². The van der Waals surface area contributed by atoms with E-state index in [1.807, 2.05) is 0 Å². The highest BCUT2D eigenvalue weighted by atomic mass is 35.5. The molecule has 0 amide bonds. The molecule has 0 fully saturated rings. The van der Waals surface area contributed by atoms with Gasteiger partial charge in [-0.15, -0.1) is 0 Å². The van der Waals surface area contributed by atoms with Crippen molar-refractivity contribution in [2.75, 3.05) is 0 Å². The molecular formula is C10H6ClFN2. The van der Waals surface area contributed by atoms with Gasteiger partial charge in [0.25, 0.3) is 0 Å². The highest BCUT2D eigenvalue weighted by Gasteiger charge is 2.05. The molecule has 2 rings (SSSR count). The van der Waals surface area contributed by atoms with Gasteiger partial charge in [0.15, 0.2) is 5.82 Å². The van der Waals surface area contributed by atoms with Gasteiger partial charge in [-0.3, -0.25) is 9.97 Å². The van der Waals surface area contributed by atoms with Gasteiger partial charge in [-0.05, 0) is 18.2 Å². The first kappa shape index (κ1) is 9.09. The Hall–Kier alpha value is -1.48. The van der Waals surface area contributed by atoms with E-state index in [0.29, 0.717) is 16.3 Å². The predicted molar refractivity (Wildman–Crippen MR) is 52.4 cm³/mol. The van der Waals surface area contributed by atoms with Crippen LogP contribution >= 0.6 is 11.6 Å². The normalized spacial score (nSPS) is 10.1. The summed E-state index contributed by atoms with van der Waals surface area (Å²) in [6.07, 6.45) is 4.20. The fraction of sp³-hybridized carbons (Fsp3) is 0. The second-order valence-electron chi connectivity index (χ2n) is 2.71. The van der Waals surface area contributed by atoms with E-state index in [1.54, 1.807) is 18.2 Å². The molecule has 2 aromatic heterocycles. The van der Waals surface area contributed by atoms with Crippen molar-refractivity contribution in [2.45, 2.75) is 0 Å². The number of hydrogen-bond donors (Lipinski definition) is 0. The van der Waals surface area contributed by atoms with Crippen LogP contribution in [0.15, 0.2) is 36.8 Å². The fourth-order valence-electron chi connectivity index (χ4n) is 1.13. The third-order valence-electron chi connectivity index (χ3n) is 1.77. The fourth-order valence-corrected chi connectivity index (χ4v) is 1.29. The molecule has 0 bridgehead atoms. The van der Waals surface area contributed by atoms with E-state index >= 15 is 0 Å². The van der Waals surface area contributed by atoms with Crippen molar-refractivity contribution in [3.05, 3.63) is 47.6 Å². The monoisotopic (exact) mass is 208 g/mol. The second-order valence-corrected chi connectivity index (χ2v) is 3.15. The number of aromatic nitrogens is 2. The molecule has 0 saturated carbocycles. The molecule has 0 spiro atoms. The summed E-state index contributed by atoms with van der Waals surface area (Å²) in [5.74, 6) is -0.401. The van der Waals surface area contributed by atoms with Gasteiger partial charge in [0.2, 0.25) is 0 Å². The molecule has 0 saturated heterocycles. The average molecular weight is 209 g/mol. The van der Waals surface area contributed by atoms with E-state index in [-0.39, 0.29) is 0 Å². The first-order valence-electron chi connectivity index (χ1n) is 3.99. The maximum Gasteiger partial charge on any atom is 0.150 e. The predicted octanol–water partition coefficient (Wildman–Crippen LogP) is 2.94. The van der Waals surface area contributed by atoms with Gasteiger partial charge in [-0.25, -0.2) is 4.39 Å². The number of nitrogens with zero attached hydrogens (tertiary/aromatic N) is 2. The largest absolute Gasteiger partial charge is 0.262 e. The highest BCUT2D eigenvalue weighted by molar-refractivity contribution is 6.30. The van der Waals surface area contributed by atoms with Crippen LogP contribution in [0.25, 0.3) is 11.3 Å². The summed E-state index contributed by atoms with van der Waals surface area (Å²) < 4.78 is 13.3. The lowest BCUT2D eigenvalue weighted by Gasteiger charge is -2.01. The molecule has 0 N–H and O–H groups in total. The molecule has 70 valence electrons. The standard InChI is InChI=1S/C10H6ClFN2/c11-7-1-4-14-10(5-7)8-2-3-13-6-9(8)12/h1-6H. The zero-order valence-corrected chi connectivity index (χ0v) is 7.87. The Morgan fingerprint density at radius 1 is 1.21 bits per heavy atom. The van der Waals surface area contributed by atoms with Gasteiger partial charge >= 0.3 is 0 Å². The van der Waals surface area contributed by atoms with Crippen molar-refractivity contribution < 1.29 is 4.39 Å². The first-order valence-corrected chi connectivity index (χ1v) is 4.36. The molecule has 0 atom stereocenters. The summed E-state index contributed by atoms with van der Waals surface area (Å²) in [4.78, 5) is 7.68. The summed E-state index contributed by atoms with van der Waals surface area (Å²) in [5.41, 5.74) is 0.917. The van der Waals surface area contributed by atoms with Crippen molar-refractivity contribution in [3.8, 4) is 11.3 Å². The Labute approximate surface area is 85.4 Å². The van der Waals surface area contributed by atoms with Crippen LogP contribution in [0.5, 0.6) is 0 Å². The van der Waals surface area contributed by atoms with E-state index < -0.39 is 5.82 Å². The minimum Gasteiger partial charge on any atom is -0.262 e. The van der Waals surface area contributed by atoms with Crippen molar-refractivity contribution in [2.24, 2.45) is 0 Å². The van der Waals surface area contributed by atoms with Crippen LogP contribution in [0.3, 0.4) is 0 Å². The van der Waals surface area contributed by atoms with E-state index in [1.165, 1.54) is 12.4 Å². The van der Waals surface area contributed by atoms with Crippen LogP contribution in [0, 0.1) is 5.82 Å². The van der Waals surface area contributed by atoms with Crippen LogP contribution < -0.4 is 0 Å². The van der Waals surface area contributed by atoms with Crippen LogP contribution in [0.4, 0.5) is 4.39 Å². The highest BCUT2D eigenvalue weighted by Crippen LogP contribution is 2.21. The molecule has 2 heterocycles. The summed E-state index contributed by atoms with van der Waals surface area (Å²) in [5, 5.41) is 0.534. The zero-order valence-electron chi connectivity index (χ0n) is 7.11. The van der Waals surface area contributed by atoms with E-state index in [4.69, 9.17) is 11.6 Å². The van der Waals surface area contributed by atoms with Crippen LogP contribution in [-0.2, 0) is 0 Å². The molecule has 14 heavy (non-hydrogen) atoms. The minimum atomic E-state index is -0.401. The van der Waals surface area contributed by atoms with Crippen molar-refractivity contribution in [3.63, 3.8) is 0 Å². The molecule has 4 heteroatoms. The van der Waals surface area contributed by atoms with E-state index in [9.17, 15) is 4.39 Å². The van der Waals surface area contributed by atoms with Crippen LogP contribution in [0.1, 0.15) is 0 Å². The summed E-state index contributed by atoms with van der Waals surface area (Å²) in [6.45, 7) is 0. The quantitative estimate of drug-likeness (QED) is 0.720. The number of hydrogen-bond acceptors (Lipinski definition) is 2. The van der Waals surface area contributed by atoms with Crippen molar-refractivity contribution in [1.82, 2.24) is 9.97 Å². The molecular weight excluding hydrogens is 203 g/mol. The van der Waals surface area contributed by atoms with Gasteiger partial charge in [0.05, 0.1) is 11.9 Å². The zero-order chi connectivity index (χ0) is 9.97. The second kappa shape index (κ2) is 3.72. The maximum absolute atomic E-state index is 13.3.